The van der Waals surface area contributed by atoms with Crippen LogP contribution in [0.15, 0.2) is 12.7 Å². The first-order valence-corrected chi connectivity index (χ1v) is 5.89. The van der Waals surface area contributed by atoms with Crippen LogP contribution in [0, 0.1) is 0 Å². The zero-order valence-corrected chi connectivity index (χ0v) is 11.1. The zero-order chi connectivity index (χ0) is 13.8. The van der Waals surface area contributed by atoms with Gasteiger partial charge in [-0.05, 0) is 6.92 Å². The minimum atomic E-state index is -0.411. The van der Waals surface area contributed by atoms with Gasteiger partial charge in [0.05, 0.1) is 19.8 Å². The molecule has 6 nitrogen and oxygen atoms in total. The molecule has 1 amide bonds. The third kappa shape index (κ3) is 7.81. The fourth-order valence-corrected chi connectivity index (χ4v) is 1.25. The first-order chi connectivity index (χ1) is 8.65. The van der Waals surface area contributed by atoms with Gasteiger partial charge in [-0.1, -0.05) is 6.08 Å². The number of hydrogen-bond acceptors (Lipinski definition) is 5. The Morgan fingerprint density at radius 3 is 2.72 bits per heavy atom. The van der Waals surface area contributed by atoms with Crippen LogP contribution >= 0.6 is 0 Å². The highest BCUT2D eigenvalue weighted by atomic mass is 16.5. The Labute approximate surface area is 108 Å². The van der Waals surface area contributed by atoms with E-state index in [0.29, 0.717) is 26.3 Å². The Morgan fingerprint density at radius 1 is 1.44 bits per heavy atom. The summed E-state index contributed by atoms with van der Waals surface area (Å²) in [6.45, 7) is 6.98. The van der Waals surface area contributed by atoms with Crippen LogP contribution in [-0.2, 0) is 19.1 Å². The van der Waals surface area contributed by atoms with Crippen molar-refractivity contribution in [3.05, 3.63) is 12.7 Å². The number of rotatable bonds is 10. The monoisotopic (exact) mass is 258 g/mol. The summed E-state index contributed by atoms with van der Waals surface area (Å²) >= 11 is 0. The van der Waals surface area contributed by atoms with Gasteiger partial charge in [0.2, 0.25) is 5.91 Å². The van der Waals surface area contributed by atoms with Crippen LogP contribution in [0.25, 0.3) is 0 Å². The molecule has 0 heterocycles. The maximum Gasteiger partial charge on any atom is 0.325 e. The summed E-state index contributed by atoms with van der Waals surface area (Å²) in [7, 11) is 1.54. The third-order valence-electron chi connectivity index (χ3n) is 2.11. The number of carbonyl (C=O) groups is 2. The highest BCUT2D eigenvalue weighted by molar-refractivity contribution is 5.83. The van der Waals surface area contributed by atoms with E-state index in [1.165, 1.54) is 4.90 Å². The molecule has 0 aromatic carbocycles. The number of hydrogen-bond donors (Lipinski definition) is 1. The number of esters is 1. The van der Waals surface area contributed by atoms with E-state index in [0.717, 1.165) is 0 Å². The van der Waals surface area contributed by atoms with E-state index in [1.807, 2.05) is 0 Å². The van der Waals surface area contributed by atoms with Crippen molar-refractivity contribution < 1.29 is 19.1 Å². The van der Waals surface area contributed by atoms with Crippen molar-refractivity contribution in [1.29, 1.82) is 0 Å². The summed E-state index contributed by atoms with van der Waals surface area (Å²) in [5, 5.41) is 2.89. The number of methoxy groups -OCH3 is 1. The molecule has 0 saturated heterocycles. The van der Waals surface area contributed by atoms with Gasteiger partial charge < -0.3 is 19.7 Å². The maximum absolute atomic E-state index is 11.8. The van der Waals surface area contributed by atoms with Crippen molar-refractivity contribution in [3.63, 3.8) is 0 Å². The van der Waals surface area contributed by atoms with Gasteiger partial charge in [0.25, 0.3) is 0 Å². The lowest BCUT2D eigenvalue weighted by atomic mass is 10.4. The zero-order valence-electron chi connectivity index (χ0n) is 11.1. The summed E-state index contributed by atoms with van der Waals surface area (Å²) < 4.78 is 9.73. The van der Waals surface area contributed by atoms with E-state index in [-0.39, 0.29) is 19.0 Å². The Kier molecular flexibility index (Phi) is 9.90. The van der Waals surface area contributed by atoms with Crippen molar-refractivity contribution in [2.24, 2.45) is 0 Å². The van der Waals surface area contributed by atoms with Gasteiger partial charge >= 0.3 is 5.97 Å². The second-order valence-electron chi connectivity index (χ2n) is 3.53. The van der Waals surface area contributed by atoms with Gasteiger partial charge in [-0.2, -0.15) is 0 Å². The maximum atomic E-state index is 11.8. The van der Waals surface area contributed by atoms with E-state index in [4.69, 9.17) is 9.47 Å². The molecule has 6 heteroatoms. The Bertz CT molecular complexity index is 269. The summed E-state index contributed by atoms with van der Waals surface area (Å²) in [5.41, 5.74) is 0. The van der Waals surface area contributed by atoms with Crippen molar-refractivity contribution in [2.75, 3.05) is 46.5 Å². The predicted octanol–water partition coefficient (Wildman–Crippen LogP) is -0.200. The molecule has 0 aliphatic carbocycles. The molecule has 0 spiro atoms. The van der Waals surface area contributed by atoms with Crippen LogP contribution in [0.1, 0.15) is 6.92 Å². The van der Waals surface area contributed by atoms with Crippen LogP contribution in [0.3, 0.4) is 0 Å². The Balaban J connectivity index is 4.22. The van der Waals surface area contributed by atoms with Crippen molar-refractivity contribution >= 4 is 11.9 Å². The highest BCUT2D eigenvalue weighted by Crippen LogP contribution is 1.92. The molecule has 0 aliphatic rings. The quantitative estimate of drug-likeness (QED) is 0.334. The summed E-state index contributed by atoms with van der Waals surface area (Å²) in [6, 6.07) is 0. The molecule has 0 bridgehead atoms. The van der Waals surface area contributed by atoms with Crippen LogP contribution < -0.4 is 5.32 Å². The lowest BCUT2D eigenvalue weighted by Gasteiger charge is -2.21. The van der Waals surface area contributed by atoms with Crippen molar-refractivity contribution in [3.8, 4) is 0 Å². The molecule has 0 atom stereocenters. The molecule has 0 saturated carbocycles. The van der Waals surface area contributed by atoms with E-state index in [1.54, 1.807) is 20.1 Å². The van der Waals surface area contributed by atoms with Crippen molar-refractivity contribution in [1.82, 2.24) is 10.2 Å². The number of ether oxygens (including phenoxy) is 2. The predicted molar refractivity (Wildman–Crippen MR) is 68.2 cm³/mol. The average molecular weight is 258 g/mol. The smallest absolute Gasteiger partial charge is 0.325 e. The largest absolute Gasteiger partial charge is 0.465 e. The molecular formula is C12H22N2O4. The first-order valence-electron chi connectivity index (χ1n) is 5.89. The van der Waals surface area contributed by atoms with Gasteiger partial charge in [-0.3, -0.25) is 9.59 Å². The molecule has 18 heavy (non-hydrogen) atoms. The fraction of sp³-hybridized carbons (Fsp3) is 0.667. The van der Waals surface area contributed by atoms with Crippen LogP contribution in [0.2, 0.25) is 0 Å². The molecule has 0 radical (unpaired) electrons. The standard InChI is InChI=1S/C12H22N2O4/c1-4-6-13-9-11(15)14(7-8-17-3)10-12(16)18-5-2/h4,13H,1,5-10H2,2-3H3. The molecule has 104 valence electrons. The fourth-order valence-electron chi connectivity index (χ4n) is 1.25. The van der Waals surface area contributed by atoms with Crippen LogP contribution in [0.4, 0.5) is 0 Å². The third-order valence-corrected chi connectivity index (χ3v) is 2.11. The molecule has 0 rings (SSSR count). The molecule has 0 aromatic rings. The number of nitrogens with zero attached hydrogens (tertiary/aromatic N) is 1. The number of carbonyl (C=O) groups excluding carboxylic acids is 2. The van der Waals surface area contributed by atoms with Crippen LogP contribution in [0.5, 0.6) is 0 Å². The van der Waals surface area contributed by atoms with Gasteiger partial charge in [0.15, 0.2) is 0 Å². The van der Waals surface area contributed by atoms with E-state index in [2.05, 4.69) is 11.9 Å². The van der Waals surface area contributed by atoms with Gasteiger partial charge in [0.1, 0.15) is 6.54 Å². The van der Waals surface area contributed by atoms with E-state index in [9.17, 15) is 9.59 Å². The van der Waals surface area contributed by atoms with Gasteiger partial charge in [0, 0.05) is 20.2 Å². The van der Waals surface area contributed by atoms with E-state index < -0.39 is 5.97 Å². The minimum Gasteiger partial charge on any atom is -0.465 e. The average Bonchev–Trinajstić information content (AvgIpc) is 2.34. The molecule has 0 aromatic heterocycles. The second kappa shape index (κ2) is 10.7. The molecule has 0 fully saturated rings. The Morgan fingerprint density at radius 2 is 2.17 bits per heavy atom. The number of amides is 1. The molecule has 0 aliphatic heterocycles. The van der Waals surface area contributed by atoms with Crippen LogP contribution in [-0.4, -0.2) is 63.3 Å². The topological polar surface area (TPSA) is 67.9 Å². The highest BCUT2D eigenvalue weighted by Gasteiger charge is 2.16. The SMILES string of the molecule is C=CCNCC(=O)N(CCOC)CC(=O)OCC. The Hall–Kier alpha value is -1.40. The normalized spacial score (nSPS) is 9.89. The second-order valence-corrected chi connectivity index (χ2v) is 3.53. The first kappa shape index (κ1) is 16.6. The number of nitrogens with one attached hydrogen (secondary N) is 1. The van der Waals surface area contributed by atoms with E-state index >= 15 is 0 Å². The van der Waals surface area contributed by atoms with Gasteiger partial charge in [-0.15, -0.1) is 6.58 Å². The van der Waals surface area contributed by atoms with Gasteiger partial charge in [-0.25, -0.2) is 0 Å². The molecule has 1 N–H and O–H groups in total. The summed E-state index contributed by atoms with van der Waals surface area (Å²) in [5.74, 6) is -0.576. The minimum absolute atomic E-state index is 0.0498. The lowest BCUT2D eigenvalue weighted by Crippen LogP contribution is -2.43. The summed E-state index contributed by atoms with van der Waals surface area (Å²) in [6.07, 6.45) is 1.66. The lowest BCUT2D eigenvalue weighted by molar-refractivity contribution is -0.149. The van der Waals surface area contributed by atoms with Crippen molar-refractivity contribution in [2.45, 2.75) is 6.92 Å². The molecular weight excluding hydrogens is 236 g/mol. The molecule has 0 unspecified atom stereocenters. The summed E-state index contributed by atoms with van der Waals surface area (Å²) in [4.78, 5) is 24.6.